The third-order valence-corrected chi connectivity index (χ3v) is 8.11. The molecule has 4 aromatic carbocycles. The fourth-order valence-corrected chi connectivity index (χ4v) is 5.90. The van der Waals surface area contributed by atoms with E-state index in [0.29, 0.717) is 58.2 Å². The average Bonchev–Trinajstić information content (AvgIpc) is 3.53. The number of ether oxygens (including phenoxy) is 3. The van der Waals surface area contributed by atoms with Crippen LogP contribution in [0.4, 0.5) is 14.9 Å². The molecule has 0 radical (unpaired) electrons. The van der Waals surface area contributed by atoms with Crippen molar-refractivity contribution in [3.63, 3.8) is 0 Å². The maximum Gasteiger partial charge on any atom is 0.507 e. The molecule has 0 bridgehead atoms. The third-order valence-electron chi connectivity index (χ3n) is 8.11. The van der Waals surface area contributed by atoms with Gasteiger partial charge in [0.05, 0.1) is 17.8 Å². The fraction of sp³-hybridized carbons (Fsp3) is 0.176. The van der Waals surface area contributed by atoms with Crippen molar-refractivity contribution in [3.8, 4) is 28.6 Å². The van der Waals surface area contributed by atoms with E-state index in [4.69, 9.17) is 14.2 Å². The molecule has 0 unspecified atom stereocenters. The third kappa shape index (κ3) is 5.74. The van der Waals surface area contributed by atoms with Crippen molar-refractivity contribution in [2.45, 2.75) is 6.23 Å². The first kappa shape index (κ1) is 29.6. The SMILES string of the molecule is O=C(O)O[C@H]1CN(c2cc(C(=O)O)c3ccccc3c2)CCN1C(=O)c1cn(-c2ccc3c(c2)OCCO3)c(-c2ccc(F)cc2)n1. The van der Waals surface area contributed by atoms with Crippen LogP contribution in [0.1, 0.15) is 20.8 Å². The number of aromatic nitrogens is 2. The summed E-state index contributed by atoms with van der Waals surface area (Å²) in [7, 11) is 0. The minimum atomic E-state index is -1.58. The molecule has 2 aliphatic rings. The van der Waals surface area contributed by atoms with E-state index in [-0.39, 0.29) is 30.9 Å². The highest BCUT2D eigenvalue weighted by molar-refractivity contribution is 6.05. The Bertz CT molecular complexity index is 2030. The number of benzene rings is 4. The first-order chi connectivity index (χ1) is 22.7. The summed E-state index contributed by atoms with van der Waals surface area (Å²) in [5.74, 6) is -0.673. The van der Waals surface area contributed by atoms with Gasteiger partial charge in [0, 0.05) is 36.6 Å². The zero-order valence-corrected chi connectivity index (χ0v) is 24.7. The second kappa shape index (κ2) is 12.0. The van der Waals surface area contributed by atoms with Gasteiger partial charge in [0.1, 0.15) is 30.5 Å². The monoisotopic (exact) mass is 638 g/mol. The lowest BCUT2D eigenvalue weighted by molar-refractivity contribution is -0.0287. The topological polar surface area (TPSA) is 144 Å². The molecule has 0 aliphatic carbocycles. The van der Waals surface area contributed by atoms with Crippen LogP contribution >= 0.6 is 0 Å². The highest BCUT2D eigenvalue weighted by Crippen LogP contribution is 2.34. The van der Waals surface area contributed by atoms with Crippen LogP contribution in [0.3, 0.4) is 0 Å². The number of halogens is 1. The molecule has 1 fully saturated rings. The Morgan fingerprint density at radius 1 is 0.872 bits per heavy atom. The van der Waals surface area contributed by atoms with Gasteiger partial charge in [-0.2, -0.15) is 0 Å². The van der Waals surface area contributed by atoms with Crippen LogP contribution in [0.15, 0.2) is 85.1 Å². The van der Waals surface area contributed by atoms with Gasteiger partial charge in [-0.15, -0.1) is 0 Å². The minimum Gasteiger partial charge on any atom is -0.486 e. The summed E-state index contributed by atoms with van der Waals surface area (Å²) in [6.07, 6.45) is -1.28. The number of carboxylic acids is 1. The molecule has 5 aromatic rings. The molecule has 47 heavy (non-hydrogen) atoms. The molecule has 2 N–H and O–H groups in total. The zero-order valence-electron chi connectivity index (χ0n) is 24.7. The van der Waals surface area contributed by atoms with Crippen LogP contribution in [-0.2, 0) is 4.74 Å². The van der Waals surface area contributed by atoms with Gasteiger partial charge >= 0.3 is 12.1 Å². The molecule has 2 aliphatic heterocycles. The summed E-state index contributed by atoms with van der Waals surface area (Å²) in [5.41, 5.74) is 1.80. The molecular formula is C34H27FN4O8. The summed E-state index contributed by atoms with van der Waals surface area (Å²) >= 11 is 0. The number of nitrogens with zero attached hydrogens (tertiary/aromatic N) is 4. The number of fused-ring (bicyclic) bond motifs is 2. The van der Waals surface area contributed by atoms with E-state index in [0.717, 1.165) is 0 Å². The number of anilines is 1. The summed E-state index contributed by atoms with van der Waals surface area (Å²) in [5, 5.41) is 20.7. The van der Waals surface area contributed by atoms with Gasteiger partial charge in [-0.3, -0.25) is 14.3 Å². The lowest BCUT2D eigenvalue weighted by Gasteiger charge is -2.40. The number of hydrogen-bond acceptors (Lipinski definition) is 8. The first-order valence-electron chi connectivity index (χ1n) is 14.7. The Morgan fingerprint density at radius 2 is 1.64 bits per heavy atom. The number of rotatable bonds is 6. The number of carboxylic acid groups (broad SMARTS) is 2. The molecule has 238 valence electrons. The lowest BCUT2D eigenvalue weighted by Crippen LogP contribution is -2.57. The molecule has 13 heteroatoms. The predicted octanol–water partition coefficient (Wildman–Crippen LogP) is 5.28. The van der Waals surface area contributed by atoms with Crippen LogP contribution in [0.25, 0.3) is 27.8 Å². The van der Waals surface area contributed by atoms with Crippen molar-refractivity contribution < 1.29 is 43.2 Å². The minimum absolute atomic E-state index is 0.00511. The summed E-state index contributed by atoms with van der Waals surface area (Å²) < 4.78 is 32.1. The van der Waals surface area contributed by atoms with E-state index in [1.54, 1.807) is 64.1 Å². The largest absolute Gasteiger partial charge is 0.507 e. The van der Waals surface area contributed by atoms with E-state index in [9.17, 15) is 29.0 Å². The van der Waals surface area contributed by atoms with Gasteiger partial charge in [0.25, 0.3) is 5.91 Å². The van der Waals surface area contributed by atoms with Crippen LogP contribution in [0.2, 0.25) is 0 Å². The second-order valence-electron chi connectivity index (χ2n) is 11.0. The Balaban J connectivity index is 1.23. The summed E-state index contributed by atoms with van der Waals surface area (Å²) in [4.78, 5) is 45.6. The normalized spacial score (nSPS) is 15.8. The number of imidazole rings is 1. The van der Waals surface area contributed by atoms with Crippen molar-refractivity contribution in [2.24, 2.45) is 0 Å². The van der Waals surface area contributed by atoms with Crippen molar-refractivity contribution in [1.82, 2.24) is 14.5 Å². The Kier molecular flexibility index (Phi) is 7.56. The van der Waals surface area contributed by atoms with Crippen molar-refractivity contribution in [2.75, 3.05) is 37.7 Å². The van der Waals surface area contributed by atoms with E-state index in [1.165, 1.54) is 29.3 Å². The standard InChI is InChI=1S/C34H27FN4O8/c35-22-7-5-20(6-8-22)31-36-27(18-39(31)23-9-10-28-29(17-23)46-14-13-45-28)32(40)38-12-11-37(19-30(38)47-34(43)44)24-15-21-3-1-2-4-25(21)26(16-24)33(41)42/h1-10,15-18,30H,11-14,19H2,(H,41,42)(H,43,44)/t30-/m0/s1. The van der Waals surface area contributed by atoms with Crippen LogP contribution in [-0.4, -0.2) is 81.8 Å². The van der Waals surface area contributed by atoms with Crippen molar-refractivity contribution in [1.29, 1.82) is 0 Å². The second-order valence-corrected chi connectivity index (χ2v) is 11.0. The van der Waals surface area contributed by atoms with Gasteiger partial charge in [-0.1, -0.05) is 24.3 Å². The lowest BCUT2D eigenvalue weighted by atomic mass is 10.0. The van der Waals surface area contributed by atoms with E-state index >= 15 is 0 Å². The summed E-state index contributed by atoms with van der Waals surface area (Å²) in [6, 6.07) is 21.4. The van der Waals surface area contributed by atoms with E-state index in [1.807, 2.05) is 6.07 Å². The van der Waals surface area contributed by atoms with Crippen molar-refractivity contribution in [3.05, 3.63) is 102 Å². The van der Waals surface area contributed by atoms with E-state index < -0.39 is 30.1 Å². The van der Waals surface area contributed by atoms with Crippen LogP contribution < -0.4 is 14.4 Å². The molecule has 0 saturated carbocycles. The van der Waals surface area contributed by atoms with E-state index in [2.05, 4.69) is 4.98 Å². The Hall–Kier alpha value is -6.11. The Labute approximate surface area is 266 Å². The molecule has 7 rings (SSSR count). The van der Waals surface area contributed by atoms with Crippen molar-refractivity contribution >= 4 is 34.5 Å². The number of carbonyl (C=O) groups excluding carboxylic acids is 1. The van der Waals surface area contributed by atoms with Gasteiger partial charge in [0.2, 0.25) is 0 Å². The van der Waals surface area contributed by atoms with Crippen LogP contribution in [0, 0.1) is 5.82 Å². The maximum absolute atomic E-state index is 14.0. The average molecular weight is 639 g/mol. The van der Waals surface area contributed by atoms with Gasteiger partial charge in [-0.25, -0.2) is 19.0 Å². The smallest absolute Gasteiger partial charge is 0.486 e. The molecule has 1 amide bonds. The zero-order chi connectivity index (χ0) is 32.7. The van der Waals surface area contributed by atoms with Gasteiger partial charge in [-0.05, 0) is 59.3 Å². The molecule has 12 nitrogen and oxygen atoms in total. The number of hydrogen-bond donors (Lipinski definition) is 2. The number of piperazine rings is 1. The first-order valence-corrected chi connectivity index (χ1v) is 14.7. The van der Waals surface area contributed by atoms with Crippen LogP contribution in [0.5, 0.6) is 11.5 Å². The fourth-order valence-electron chi connectivity index (χ4n) is 5.90. The highest BCUT2D eigenvalue weighted by atomic mass is 19.1. The van der Waals surface area contributed by atoms with Gasteiger partial charge < -0.3 is 29.3 Å². The molecular weight excluding hydrogens is 611 g/mol. The maximum atomic E-state index is 14.0. The number of aromatic carboxylic acids is 1. The highest BCUT2D eigenvalue weighted by Gasteiger charge is 2.36. The van der Waals surface area contributed by atoms with Gasteiger partial charge in [0.15, 0.2) is 17.7 Å². The molecule has 1 aromatic heterocycles. The molecule has 3 heterocycles. The number of amides is 1. The number of carbonyl (C=O) groups is 3. The predicted molar refractivity (Wildman–Crippen MR) is 167 cm³/mol. The summed E-state index contributed by atoms with van der Waals surface area (Å²) in [6.45, 7) is 1.06. The quantitative estimate of drug-likeness (QED) is 0.236. The molecule has 1 atom stereocenters. The Morgan fingerprint density at radius 3 is 2.40 bits per heavy atom. The molecule has 0 spiro atoms. The molecule has 1 saturated heterocycles.